The number of hydrogen-bond acceptors (Lipinski definition) is 1. The van der Waals surface area contributed by atoms with Crippen LogP contribution in [0, 0.1) is 49.5 Å². The summed E-state index contributed by atoms with van der Waals surface area (Å²) in [5, 5.41) is 8.40. The second-order valence-corrected chi connectivity index (χ2v) is 2.72. The van der Waals surface area contributed by atoms with E-state index >= 15 is 0 Å². The summed E-state index contributed by atoms with van der Waals surface area (Å²) in [4.78, 5) is 0. The van der Waals surface area contributed by atoms with Crippen LogP contribution in [0.25, 0.3) is 0 Å². The Labute approximate surface area is 81.0 Å². The molecule has 0 saturated heterocycles. The zero-order chi connectivity index (χ0) is 5.21. The minimum atomic E-state index is 0. The third-order valence-corrected chi connectivity index (χ3v) is 0.474. The molecule has 1 nitrogen and oxygen atoms in total. The van der Waals surface area contributed by atoms with E-state index < -0.39 is 0 Å². The Kier molecular flexibility index (Phi) is 6.89. The molecule has 0 bridgehead atoms. The first-order chi connectivity index (χ1) is 2.56. The van der Waals surface area contributed by atoms with Gasteiger partial charge in [-0.15, -0.1) is 0 Å². The van der Waals surface area contributed by atoms with Crippen molar-refractivity contribution < 1.29 is 49.2 Å². The molecule has 1 radical (unpaired) electrons. The molecule has 0 atom stereocenters. The average molecular weight is 315 g/mol. The van der Waals surface area contributed by atoms with E-state index in [-0.39, 0.29) is 56.1 Å². The molecule has 0 aromatic heterocycles. The summed E-state index contributed by atoms with van der Waals surface area (Å²) in [6.07, 6.45) is 0. The minimum absolute atomic E-state index is 0. The molecule has 1 N–H and O–H groups in total. The Morgan fingerprint density at radius 3 is 1.43 bits per heavy atom. The maximum atomic E-state index is 8.40. The normalized spacial score (nSPS) is 10.3. The predicted octanol–water partition coefficient (Wildman–Crippen LogP) is 1.02. The summed E-state index contributed by atoms with van der Waals surface area (Å²) >= 11 is 0. The standard InChI is InChI=1S/C5H12O.Ac/c1-5(2,3)4-6;/h6H,4H2,1-3H3;. The molecule has 41 valence electrons. The van der Waals surface area contributed by atoms with Gasteiger partial charge in [0.05, 0.1) is 0 Å². The van der Waals surface area contributed by atoms with Gasteiger partial charge in [0.1, 0.15) is 0 Å². The maximum absolute atomic E-state index is 8.40. The van der Waals surface area contributed by atoms with Crippen molar-refractivity contribution in [3.8, 4) is 0 Å². The fraction of sp³-hybridized carbons (Fsp3) is 1.00. The van der Waals surface area contributed by atoms with E-state index in [1.807, 2.05) is 20.8 Å². The van der Waals surface area contributed by atoms with E-state index in [0.717, 1.165) is 0 Å². The molecular weight excluding hydrogens is 303 g/mol. The van der Waals surface area contributed by atoms with Gasteiger partial charge in [-0.3, -0.25) is 0 Å². The van der Waals surface area contributed by atoms with Gasteiger partial charge in [-0.25, -0.2) is 0 Å². The van der Waals surface area contributed by atoms with Crippen LogP contribution in [0.3, 0.4) is 0 Å². The van der Waals surface area contributed by atoms with Crippen molar-refractivity contribution in [2.75, 3.05) is 6.61 Å². The monoisotopic (exact) mass is 315 g/mol. The van der Waals surface area contributed by atoms with Gasteiger partial charge >= 0.3 is 0 Å². The molecule has 0 fully saturated rings. The molecule has 0 aliphatic carbocycles. The first-order valence-corrected chi connectivity index (χ1v) is 2.17. The van der Waals surface area contributed by atoms with Crippen LogP contribution in [0.1, 0.15) is 20.8 Å². The van der Waals surface area contributed by atoms with Crippen LogP contribution >= 0.6 is 0 Å². The van der Waals surface area contributed by atoms with Crippen LogP contribution in [-0.2, 0) is 0 Å². The molecule has 2 heteroatoms. The topological polar surface area (TPSA) is 20.2 Å². The van der Waals surface area contributed by atoms with Gasteiger partial charge in [0.2, 0.25) is 0 Å². The third kappa shape index (κ3) is 11.1. The zero-order valence-electron chi connectivity index (χ0n) is 5.23. The Morgan fingerprint density at radius 2 is 1.43 bits per heavy atom. The molecule has 0 aliphatic heterocycles. The molecule has 7 heavy (non-hydrogen) atoms. The molecule has 0 aliphatic rings. The van der Waals surface area contributed by atoms with E-state index in [9.17, 15) is 0 Å². The van der Waals surface area contributed by atoms with Gasteiger partial charge in [0, 0.05) is 50.7 Å². The molecule has 0 amide bonds. The van der Waals surface area contributed by atoms with Gasteiger partial charge in [-0.05, 0) is 5.41 Å². The van der Waals surface area contributed by atoms with E-state index in [0.29, 0.717) is 0 Å². The van der Waals surface area contributed by atoms with E-state index in [2.05, 4.69) is 0 Å². The summed E-state index contributed by atoms with van der Waals surface area (Å²) in [6, 6.07) is 0. The number of aliphatic hydroxyl groups excluding tert-OH is 1. The largest absolute Gasteiger partial charge is 0.396 e. The Balaban J connectivity index is 0. The number of aliphatic hydroxyl groups is 1. The summed E-state index contributed by atoms with van der Waals surface area (Å²) in [5.41, 5.74) is 0.0972. The van der Waals surface area contributed by atoms with Crippen LogP contribution in [0.4, 0.5) is 0 Å². The second kappa shape index (κ2) is 4.30. The first-order valence-electron chi connectivity index (χ1n) is 2.17. The third-order valence-electron chi connectivity index (χ3n) is 0.474. The SMILES string of the molecule is CC(C)(C)CO.[Ac]. The Hall–Kier alpha value is 1.40. The van der Waals surface area contributed by atoms with Gasteiger partial charge in [-0.1, -0.05) is 20.8 Å². The molecule has 0 aromatic rings. The first kappa shape index (κ1) is 11.2. The van der Waals surface area contributed by atoms with Gasteiger partial charge in [0.15, 0.2) is 0 Å². The summed E-state index contributed by atoms with van der Waals surface area (Å²) in [7, 11) is 0. The molecule has 0 heterocycles. The molecule has 0 aromatic carbocycles. The summed E-state index contributed by atoms with van der Waals surface area (Å²) < 4.78 is 0. The van der Waals surface area contributed by atoms with Crippen LogP contribution in [0.15, 0.2) is 0 Å². The quantitative estimate of drug-likeness (QED) is 0.708. The van der Waals surface area contributed by atoms with Crippen molar-refractivity contribution in [2.24, 2.45) is 5.41 Å². The minimum Gasteiger partial charge on any atom is -0.396 e. The van der Waals surface area contributed by atoms with Crippen LogP contribution < -0.4 is 0 Å². The van der Waals surface area contributed by atoms with Gasteiger partial charge in [0.25, 0.3) is 0 Å². The molecular formula is C5H12AcO. The van der Waals surface area contributed by atoms with Gasteiger partial charge < -0.3 is 5.11 Å². The zero-order valence-corrected chi connectivity index (χ0v) is 9.98. The van der Waals surface area contributed by atoms with E-state index in [1.54, 1.807) is 0 Å². The maximum Gasteiger partial charge on any atom is 0.0479 e. The van der Waals surface area contributed by atoms with Crippen LogP contribution in [-0.4, -0.2) is 11.7 Å². The second-order valence-electron chi connectivity index (χ2n) is 2.72. The molecule has 0 unspecified atom stereocenters. The fourth-order valence-corrected chi connectivity index (χ4v) is 0. The summed E-state index contributed by atoms with van der Waals surface area (Å²) in [6.45, 7) is 6.25. The van der Waals surface area contributed by atoms with Crippen LogP contribution in [0.2, 0.25) is 0 Å². The van der Waals surface area contributed by atoms with Crippen molar-refractivity contribution in [1.29, 1.82) is 0 Å². The van der Waals surface area contributed by atoms with Crippen molar-refractivity contribution >= 4 is 0 Å². The molecule has 0 saturated carbocycles. The smallest absolute Gasteiger partial charge is 0.0479 e. The van der Waals surface area contributed by atoms with Crippen molar-refractivity contribution in [3.05, 3.63) is 0 Å². The molecule has 0 spiro atoms. The van der Waals surface area contributed by atoms with Crippen molar-refractivity contribution in [3.63, 3.8) is 0 Å². The van der Waals surface area contributed by atoms with E-state index in [1.165, 1.54) is 0 Å². The van der Waals surface area contributed by atoms with Crippen LogP contribution in [0.5, 0.6) is 0 Å². The average Bonchev–Trinajstić information content (AvgIpc) is 1.35. The van der Waals surface area contributed by atoms with Gasteiger partial charge in [-0.2, -0.15) is 0 Å². The Morgan fingerprint density at radius 1 is 1.29 bits per heavy atom. The number of hydrogen-bond donors (Lipinski definition) is 1. The Bertz CT molecular complexity index is 37.8. The molecule has 0 rings (SSSR count). The summed E-state index contributed by atoms with van der Waals surface area (Å²) in [5.74, 6) is 0. The number of rotatable bonds is 0. The van der Waals surface area contributed by atoms with E-state index in [4.69, 9.17) is 5.11 Å². The predicted molar refractivity (Wildman–Crippen MR) is 26.5 cm³/mol. The fourth-order valence-electron chi connectivity index (χ4n) is 0. The van der Waals surface area contributed by atoms with Crippen molar-refractivity contribution in [1.82, 2.24) is 0 Å². The van der Waals surface area contributed by atoms with Crippen molar-refractivity contribution in [2.45, 2.75) is 20.8 Å².